The van der Waals surface area contributed by atoms with Crippen molar-refractivity contribution in [3.8, 4) is 11.9 Å². The molecule has 1 aliphatic rings. The van der Waals surface area contributed by atoms with Gasteiger partial charge in [0, 0.05) is 24.7 Å². The van der Waals surface area contributed by atoms with Gasteiger partial charge >= 0.3 is 0 Å². The minimum absolute atomic E-state index is 0.0592. The first kappa shape index (κ1) is 12.4. The minimum Gasteiger partial charge on any atom is -0.477 e. The Bertz CT molecular complexity index is 488. The molecule has 2 rings (SSSR count). The summed E-state index contributed by atoms with van der Waals surface area (Å²) in [5.74, 6) is 0.662. The second-order valence-corrected chi connectivity index (χ2v) is 4.94. The van der Waals surface area contributed by atoms with E-state index in [1.807, 2.05) is 19.9 Å². The quantitative estimate of drug-likeness (QED) is 0.865. The SMILES string of the molecule is CC1(C)C(=O)NCC1COc1ccc(C#N)cn1. The molecule has 0 radical (unpaired) electrons. The number of carbonyl (C=O) groups is 1. The summed E-state index contributed by atoms with van der Waals surface area (Å²) >= 11 is 0. The van der Waals surface area contributed by atoms with Crippen LogP contribution in [0.3, 0.4) is 0 Å². The first-order valence-electron chi connectivity index (χ1n) is 5.81. The van der Waals surface area contributed by atoms with E-state index in [0.717, 1.165) is 0 Å². The van der Waals surface area contributed by atoms with E-state index in [1.165, 1.54) is 6.20 Å². The number of ether oxygens (including phenoxy) is 1. The highest BCUT2D eigenvalue weighted by atomic mass is 16.5. The van der Waals surface area contributed by atoms with Crippen LogP contribution in [-0.2, 0) is 4.79 Å². The van der Waals surface area contributed by atoms with Gasteiger partial charge in [-0.05, 0) is 6.07 Å². The van der Waals surface area contributed by atoms with E-state index in [0.29, 0.717) is 24.6 Å². The van der Waals surface area contributed by atoms with Crippen LogP contribution in [0, 0.1) is 22.7 Å². The molecule has 94 valence electrons. The summed E-state index contributed by atoms with van der Waals surface area (Å²) < 4.78 is 5.56. The number of hydrogen-bond acceptors (Lipinski definition) is 4. The van der Waals surface area contributed by atoms with Gasteiger partial charge in [0.25, 0.3) is 0 Å². The average Bonchev–Trinajstić information content (AvgIpc) is 2.63. The smallest absolute Gasteiger partial charge is 0.226 e. The fraction of sp³-hybridized carbons (Fsp3) is 0.462. The number of aromatic nitrogens is 1. The van der Waals surface area contributed by atoms with Crippen LogP contribution in [0.15, 0.2) is 18.3 Å². The van der Waals surface area contributed by atoms with Gasteiger partial charge in [0.1, 0.15) is 6.07 Å². The Hall–Kier alpha value is -2.09. The second-order valence-electron chi connectivity index (χ2n) is 4.94. The van der Waals surface area contributed by atoms with Gasteiger partial charge in [-0.2, -0.15) is 5.26 Å². The summed E-state index contributed by atoms with van der Waals surface area (Å²) in [6.07, 6.45) is 1.47. The van der Waals surface area contributed by atoms with Gasteiger partial charge in [-0.1, -0.05) is 13.8 Å². The summed E-state index contributed by atoms with van der Waals surface area (Å²) in [5.41, 5.74) is 0.0902. The molecule has 1 aliphatic heterocycles. The largest absolute Gasteiger partial charge is 0.477 e. The topological polar surface area (TPSA) is 75.0 Å². The van der Waals surface area contributed by atoms with E-state index < -0.39 is 5.41 Å². The Balaban J connectivity index is 1.96. The van der Waals surface area contributed by atoms with E-state index in [-0.39, 0.29) is 11.8 Å². The third-order valence-electron chi connectivity index (χ3n) is 3.41. The molecule has 1 saturated heterocycles. The lowest BCUT2D eigenvalue weighted by Gasteiger charge is -2.22. The number of carbonyl (C=O) groups excluding carboxylic acids is 1. The molecule has 1 aromatic rings. The lowest BCUT2D eigenvalue weighted by atomic mass is 9.82. The molecule has 0 spiro atoms. The monoisotopic (exact) mass is 245 g/mol. The number of hydrogen-bond donors (Lipinski definition) is 1. The third kappa shape index (κ3) is 2.28. The highest BCUT2D eigenvalue weighted by Gasteiger charge is 2.42. The minimum atomic E-state index is -0.410. The number of nitrogens with one attached hydrogen (secondary N) is 1. The summed E-state index contributed by atoms with van der Waals surface area (Å²) in [4.78, 5) is 15.6. The molecule has 5 nitrogen and oxygen atoms in total. The van der Waals surface area contributed by atoms with Crippen molar-refractivity contribution >= 4 is 5.91 Å². The van der Waals surface area contributed by atoms with Gasteiger partial charge in [0.2, 0.25) is 11.8 Å². The van der Waals surface area contributed by atoms with Crippen molar-refractivity contribution in [2.75, 3.05) is 13.2 Å². The molecule has 0 saturated carbocycles. The van der Waals surface area contributed by atoms with E-state index in [2.05, 4.69) is 10.3 Å². The van der Waals surface area contributed by atoms with Gasteiger partial charge in [0.05, 0.1) is 17.6 Å². The van der Waals surface area contributed by atoms with Crippen LogP contribution in [0.2, 0.25) is 0 Å². The second kappa shape index (κ2) is 4.65. The predicted octanol–water partition coefficient (Wildman–Crippen LogP) is 1.10. The fourth-order valence-electron chi connectivity index (χ4n) is 1.87. The molecule has 5 heteroatoms. The lowest BCUT2D eigenvalue weighted by Crippen LogP contribution is -2.31. The van der Waals surface area contributed by atoms with Crippen molar-refractivity contribution < 1.29 is 9.53 Å². The van der Waals surface area contributed by atoms with Gasteiger partial charge in [0.15, 0.2) is 0 Å². The van der Waals surface area contributed by atoms with Crippen molar-refractivity contribution in [2.24, 2.45) is 11.3 Å². The Morgan fingerprint density at radius 1 is 1.61 bits per heavy atom. The van der Waals surface area contributed by atoms with Crippen molar-refractivity contribution in [3.05, 3.63) is 23.9 Å². The first-order chi connectivity index (χ1) is 8.54. The molecule has 1 aromatic heterocycles. The van der Waals surface area contributed by atoms with E-state index in [4.69, 9.17) is 10.00 Å². The molecule has 1 unspecified atom stereocenters. The number of nitriles is 1. The summed E-state index contributed by atoms with van der Waals surface area (Å²) in [5, 5.41) is 11.5. The standard InChI is InChI=1S/C13H15N3O2/c1-13(2)10(7-16-12(13)17)8-18-11-4-3-9(5-14)6-15-11/h3-4,6,10H,7-8H2,1-2H3,(H,16,17). The van der Waals surface area contributed by atoms with Gasteiger partial charge in [-0.15, -0.1) is 0 Å². The molecule has 1 N–H and O–H groups in total. The maximum Gasteiger partial charge on any atom is 0.226 e. The fourth-order valence-corrected chi connectivity index (χ4v) is 1.87. The van der Waals surface area contributed by atoms with Crippen molar-refractivity contribution in [1.29, 1.82) is 5.26 Å². The summed E-state index contributed by atoms with van der Waals surface area (Å²) in [6, 6.07) is 5.32. The molecule has 1 atom stereocenters. The molecule has 18 heavy (non-hydrogen) atoms. The van der Waals surface area contributed by atoms with Crippen molar-refractivity contribution in [2.45, 2.75) is 13.8 Å². The van der Waals surface area contributed by atoms with Crippen molar-refractivity contribution in [3.63, 3.8) is 0 Å². The normalized spacial score (nSPS) is 21.2. The summed E-state index contributed by atoms with van der Waals surface area (Å²) in [6.45, 7) is 4.89. The van der Waals surface area contributed by atoms with Crippen molar-refractivity contribution in [1.82, 2.24) is 10.3 Å². The van der Waals surface area contributed by atoms with Crippen LogP contribution >= 0.6 is 0 Å². The van der Waals surface area contributed by atoms with E-state index in [9.17, 15) is 4.79 Å². The highest BCUT2D eigenvalue weighted by molar-refractivity contribution is 5.84. The van der Waals surface area contributed by atoms with Crippen LogP contribution in [0.4, 0.5) is 0 Å². The molecular formula is C13H15N3O2. The molecule has 1 amide bonds. The average molecular weight is 245 g/mol. The predicted molar refractivity (Wildman–Crippen MR) is 64.7 cm³/mol. The molecule has 0 aromatic carbocycles. The molecule has 0 bridgehead atoms. The zero-order chi connectivity index (χ0) is 13.2. The van der Waals surface area contributed by atoms with Crippen LogP contribution in [0.1, 0.15) is 19.4 Å². The Morgan fingerprint density at radius 3 is 2.89 bits per heavy atom. The number of pyridine rings is 1. The van der Waals surface area contributed by atoms with Crippen LogP contribution in [0.25, 0.3) is 0 Å². The zero-order valence-electron chi connectivity index (χ0n) is 10.4. The number of rotatable bonds is 3. The highest BCUT2D eigenvalue weighted by Crippen LogP contribution is 2.31. The maximum absolute atomic E-state index is 11.6. The Kier molecular flexibility index (Phi) is 3.19. The molecule has 0 aliphatic carbocycles. The Labute approximate surface area is 106 Å². The van der Waals surface area contributed by atoms with Gasteiger partial charge in [-0.3, -0.25) is 4.79 Å². The lowest BCUT2D eigenvalue weighted by molar-refractivity contribution is -0.127. The maximum atomic E-state index is 11.6. The number of amides is 1. The third-order valence-corrected chi connectivity index (χ3v) is 3.41. The van der Waals surface area contributed by atoms with Gasteiger partial charge in [-0.25, -0.2) is 4.98 Å². The molecule has 2 heterocycles. The number of nitrogens with zero attached hydrogens (tertiary/aromatic N) is 2. The molecular weight excluding hydrogens is 230 g/mol. The van der Waals surface area contributed by atoms with E-state index in [1.54, 1.807) is 12.1 Å². The zero-order valence-corrected chi connectivity index (χ0v) is 10.4. The Morgan fingerprint density at radius 2 is 2.39 bits per heavy atom. The van der Waals surface area contributed by atoms with Crippen LogP contribution in [0.5, 0.6) is 5.88 Å². The van der Waals surface area contributed by atoms with Gasteiger partial charge < -0.3 is 10.1 Å². The molecule has 1 fully saturated rings. The summed E-state index contributed by atoms with van der Waals surface area (Å²) in [7, 11) is 0. The first-order valence-corrected chi connectivity index (χ1v) is 5.81. The van der Waals surface area contributed by atoms with Crippen LogP contribution in [-0.4, -0.2) is 24.0 Å². The van der Waals surface area contributed by atoms with Crippen LogP contribution < -0.4 is 10.1 Å². The van der Waals surface area contributed by atoms with E-state index >= 15 is 0 Å².